The summed E-state index contributed by atoms with van der Waals surface area (Å²) in [6, 6.07) is 0. The van der Waals surface area contributed by atoms with E-state index in [1.165, 1.54) is 77.0 Å². The molecule has 1 N–H and O–H groups in total. The standard InChI is InChI=1S/C59H116N2O7/c1-8-13-17-31-42-54(43-32-18-14-9-2)66-57(63)48-37-27-23-21-25-35-46-56(68-59(65)61(52-40-50-60(6)7)51-39-29-30-41-53(62)12-5)47-36-26-22-24-28-38-49-58(64)67-55(44-33-19-15-10-3)45-34-20-16-11-4/h53-56,62H,8-52H2,1-7H3. The van der Waals surface area contributed by atoms with Crippen LogP contribution in [0.1, 0.15) is 304 Å². The number of amides is 1. The number of aliphatic hydroxyl groups excluding tert-OH is 1. The second-order valence-corrected chi connectivity index (χ2v) is 21.0. The third-order valence-corrected chi connectivity index (χ3v) is 13.9. The Morgan fingerprint density at radius 3 is 1.04 bits per heavy atom. The number of unbranched alkanes of at least 4 members (excludes halogenated alkanes) is 24. The van der Waals surface area contributed by atoms with Crippen molar-refractivity contribution >= 4 is 18.0 Å². The van der Waals surface area contributed by atoms with Crippen LogP contribution in [0.15, 0.2) is 0 Å². The molecule has 1 atom stereocenters. The highest BCUT2D eigenvalue weighted by molar-refractivity contribution is 5.70. The Morgan fingerprint density at radius 2 is 0.676 bits per heavy atom. The molecule has 0 saturated carbocycles. The molecule has 0 aliphatic rings. The van der Waals surface area contributed by atoms with Crippen molar-refractivity contribution in [3.63, 3.8) is 0 Å². The summed E-state index contributed by atoms with van der Waals surface area (Å²) in [4.78, 5) is 43.5. The molecule has 0 aromatic heterocycles. The summed E-state index contributed by atoms with van der Waals surface area (Å²) in [5.41, 5.74) is 0. The Labute approximate surface area is 422 Å². The van der Waals surface area contributed by atoms with Crippen LogP contribution in [-0.2, 0) is 23.8 Å². The molecule has 9 nitrogen and oxygen atoms in total. The predicted molar refractivity (Wildman–Crippen MR) is 288 cm³/mol. The molecular formula is C59H116N2O7. The number of hydrogen-bond donors (Lipinski definition) is 1. The van der Waals surface area contributed by atoms with Gasteiger partial charge >= 0.3 is 18.0 Å². The van der Waals surface area contributed by atoms with Crippen LogP contribution >= 0.6 is 0 Å². The SMILES string of the molecule is CCCCCCC(CCCCCC)OC(=O)CCCCCCCCC(CCCCCCCCC(=O)OC(CCCCCC)CCCCCC)OC(=O)N(CCCCCC(O)CC)CCCN(C)C. The molecule has 1 amide bonds. The summed E-state index contributed by atoms with van der Waals surface area (Å²) in [6.45, 7) is 13.3. The zero-order chi connectivity index (χ0) is 50.1. The van der Waals surface area contributed by atoms with Crippen LogP contribution in [0.4, 0.5) is 4.79 Å². The Hall–Kier alpha value is -1.87. The van der Waals surface area contributed by atoms with Gasteiger partial charge in [-0.05, 0) is 136 Å². The minimum atomic E-state index is -0.232. The largest absolute Gasteiger partial charge is 0.462 e. The summed E-state index contributed by atoms with van der Waals surface area (Å²) in [5.74, 6) is -0.0247. The van der Waals surface area contributed by atoms with E-state index >= 15 is 0 Å². The van der Waals surface area contributed by atoms with Crippen molar-refractivity contribution in [2.75, 3.05) is 33.7 Å². The minimum absolute atomic E-state index is 0.0123. The van der Waals surface area contributed by atoms with Gasteiger partial charge in [0.2, 0.25) is 0 Å². The van der Waals surface area contributed by atoms with Gasteiger partial charge in [-0.3, -0.25) is 9.59 Å². The number of esters is 2. The molecule has 0 aliphatic heterocycles. The maximum absolute atomic E-state index is 13.8. The third-order valence-electron chi connectivity index (χ3n) is 13.9. The van der Waals surface area contributed by atoms with E-state index in [-0.39, 0.29) is 42.4 Å². The normalized spacial score (nSPS) is 12.2. The fourth-order valence-electron chi connectivity index (χ4n) is 9.32. The molecule has 0 saturated heterocycles. The lowest BCUT2D eigenvalue weighted by molar-refractivity contribution is -0.151. The molecule has 0 heterocycles. The highest BCUT2D eigenvalue weighted by atomic mass is 16.6. The lowest BCUT2D eigenvalue weighted by Gasteiger charge is -2.26. The third kappa shape index (κ3) is 44.1. The Bertz CT molecular complexity index is 1020. The molecule has 0 aromatic rings. The van der Waals surface area contributed by atoms with Crippen LogP contribution in [0.2, 0.25) is 0 Å². The second-order valence-electron chi connectivity index (χ2n) is 21.0. The van der Waals surface area contributed by atoms with Crippen molar-refractivity contribution in [1.29, 1.82) is 0 Å². The molecule has 68 heavy (non-hydrogen) atoms. The molecule has 404 valence electrons. The number of rotatable bonds is 52. The summed E-state index contributed by atoms with van der Waals surface area (Å²) in [6.07, 6.45) is 44.0. The number of nitrogens with zero attached hydrogens (tertiary/aromatic N) is 2. The van der Waals surface area contributed by atoms with Crippen molar-refractivity contribution in [2.45, 2.75) is 329 Å². The van der Waals surface area contributed by atoms with E-state index in [2.05, 4.69) is 46.7 Å². The topological polar surface area (TPSA) is 106 Å². The fraction of sp³-hybridized carbons (Fsp3) is 0.949. The van der Waals surface area contributed by atoms with Crippen molar-refractivity contribution in [2.24, 2.45) is 0 Å². The molecule has 0 spiro atoms. The van der Waals surface area contributed by atoms with E-state index < -0.39 is 0 Å². The monoisotopic (exact) mass is 965 g/mol. The quantitative estimate of drug-likeness (QED) is 0.0365. The maximum atomic E-state index is 13.8. The van der Waals surface area contributed by atoms with Gasteiger partial charge in [-0.2, -0.15) is 0 Å². The molecule has 0 bridgehead atoms. The van der Waals surface area contributed by atoms with Crippen LogP contribution in [0.3, 0.4) is 0 Å². The van der Waals surface area contributed by atoms with Crippen molar-refractivity contribution in [3.05, 3.63) is 0 Å². The van der Waals surface area contributed by atoms with Gasteiger partial charge in [-0.15, -0.1) is 0 Å². The van der Waals surface area contributed by atoms with Gasteiger partial charge < -0.3 is 29.1 Å². The van der Waals surface area contributed by atoms with E-state index in [4.69, 9.17) is 14.2 Å². The highest BCUT2D eigenvalue weighted by Gasteiger charge is 2.21. The lowest BCUT2D eigenvalue weighted by atomic mass is 10.0. The predicted octanol–water partition coefficient (Wildman–Crippen LogP) is 17.0. The second kappa shape index (κ2) is 50.1. The van der Waals surface area contributed by atoms with Crippen LogP contribution < -0.4 is 0 Å². The first kappa shape index (κ1) is 66.1. The van der Waals surface area contributed by atoms with Gasteiger partial charge in [0.25, 0.3) is 0 Å². The Kier molecular flexibility index (Phi) is 48.7. The summed E-state index contributed by atoms with van der Waals surface area (Å²) in [5, 5.41) is 10.0. The van der Waals surface area contributed by atoms with Crippen LogP contribution in [0.25, 0.3) is 0 Å². The first-order valence-corrected chi connectivity index (χ1v) is 29.8. The van der Waals surface area contributed by atoms with Gasteiger partial charge in [0, 0.05) is 25.9 Å². The molecule has 9 heteroatoms. The molecule has 0 aromatic carbocycles. The zero-order valence-electron chi connectivity index (χ0n) is 46.4. The number of ether oxygens (including phenoxy) is 3. The van der Waals surface area contributed by atoms with Crippen molar-refractivity contribution in [1.82, 2.24) is 9.80 Å². The van der Waals surface area contributed by atoms with Crippen LogP contribution in [-0.4, -0.2) is 91.1 Å². The highest BCUT2D eigenvalue weighted by Crippen LogP contribution is 2.22. The van der Waals surface area contributed by atoms with E-state index in [1.807, 2.05) is 11.8 Å². The Morgan fingerprint density at radius 1 is 0.368 bits per heavy atom. The number of hydrogen-bond acceptors (Lipinski definition) is 8. The zero-order valence-corrected chi connectivity index (χ0v) is 46.4. The van der Waals surface area contributed by atoms with E-state index in [0.717, 1.165) is 186 Å². The molecule has 0 rings (SSSR count). The van der Waals surface area contributed by atoms with Gasteiger partial charge in [-0.1, -0.05) is 176 Å². The van der Waals surface area contributed by atoms with Crippen molar-refractivity contribution in [3.8, 4) is 0 Å². The summed E-state index contributed by atoms with van der Waals surface area (Å²) in [7, 11) is 4.15. The van der Waals surface area contributed by atoms with Crippen LogP contribution in [0.5, 0.6) is 0 Å². The number of aliphatic hydroxyl groups is 1. The van der Waals surface area contributed by atoms with Crippen molar-refractivity contribution < 1.29 is 33.7 Å². The molecule has 1 unspecified atom stereocenters. The average molecular weight is 966 g/mol. The fourth-order valence-corrected chi connectivity index (χ4v) is 9.32. The molecule has 0 fully saturated rings. The van der Waals surface area contributed by atoms with Gasteiger partial charge in [0.15, 0.2) is 0 Å². The van der Waals surface area contributed by atoms with Gasteiger partial charge in [0.05, 0.1) is 6.10 Å². The van der Waals surface area contributed by atoms with Crippen LogP contribution in [0, 0.1) is 0 Å². The first-order chi connectivity index (χ1) is 33.1. The molecule has 0 radical (unpaired) electrons. The minimum Gasteiger partial charge on any atom is -0.462 e. The van der Waals surface area contributed by atoms with E-state index in [9.17, 15) is 19.5 Å². The first-order valence-electron chi connectivity index (χ1n) is 29.8. The Balaban J connectivity index is 5.07. The smallest absolute Gasteiger partial charge is 0.410 e. The lowest BCUT2D eigenvalue weighted by Crippen LogP contribution is -2.37. The van der Waals surface area contributed by atoms with E-state index in [0.29, 0.717) is 25.9 Å². The van der Waals surface area contributed by atoms with Gasteiger partial charge in [-0.25, -0.2) is 4.79 Å². The average Bonchev–Trinajstić information content (AvgIpc) is 3.32. The maximum Gasteiger partial charge on any atom is 0.410 e. The summed E-state index contributed by atoms with van der Waals surface area (Å²) >= 11 is 0. The summed E-state index contributed by atoms with van der Waals surface area (Å²) < 4.78 is 18.4. The van der Waals surface area contributed by atoms with E-state index in [1.54, 1.807) is 0 Å². The molecule has 0 aliphatic carbocycles. The van der Waals surface area contributed by atoms with Gasteiger partial charge in [0.1, 0.15) is 18.3 Å². The molecular weight excluding hydrogens is 849 g/mol. The number of carbonyl (C=O) groups is 3. The number of carbonyl (C=O) groups excluding carboxylic acids is 3.